The molecule has 112 valence electrons. The molecule has 0 radical (unpaired) electrons. The fourth-order valence-corrected chi connectivity index (χ4v) is 2.21. The van der Waals surface area contributed by atoms with Gasteiger partial charge in [-0.15, -0.1) is 0 Å². The number of amides is 1. The first-order chi connectivity index (χ1) is 9.62. The van der Waals surface area contributed by atoms with Crippen molar-refractivity contribution in [1.29, 1.82) is 0 Å². The lowest BCUT2D eigenvalue weighted by Crippen LogP contribution is -2.26. The summed E-state index contributed by atoms with van der Waals surface area (Å²) in [4.78, 5) is 11.7. The van der Waals surface area contributed by atoms with Crippen molar-refractivity contribution in [2.24, 2.45) is 0 Å². The zero-order chi connectivity index (χ0) is 15.0. The molecule has 0 aliphatic heterocycles. The summed E-state index contributed by atoms with van der Waals surface area (Å²) >= 11 is 1.67. The Kier molecular flexibility index (Phi) is 7.30. The van der Waals surface area contributed by atoms with Crippen molar-refractivity contribution in [3.05, 3.63) is 23.8 Å². The Labute approximate surface area is 125 Å². The minimum atomic E-state index is -0.0473. The molecule has 1 aromatic rings. The van der Waals surface area contributed by atoms with Gasteiger partial charge in [0.15, 0.2) is 11.5 Å². The molecule has 1 rings (SSSR count). The van der Waals surface area contributed by atoms with Gasteiger partial charge in [0.05, 0.1) is 19.8 Å². The molecule has 0 fully saturated rings. The van der Waals surface area contributed by atoms with Gasteiger partial charge in [-0.2, -0.15) is 11.8 Å². The Morgan fingerprint density at radius 2 is 2.15 bits per heavy atom. The zero-order valence-corrected chi connectivity index (χ0v) is 13.4. The molecular formula is C15H23NO3S. The highest BCUT2D eigenvalue weighted by molar-refractivity contribution is 7.98. The molecular weight excluding hydrogens is 274 g/mol. The summed E-state index contributed by atoms with van der Waals surface area (Å²) in [5.74, 6) is 2.32. The molecule has 4 nitrogen and oxygen atoms in total. The van der Waals surface area contributed by atoms with Crippen molar-refractivity contribution in [3.63, 3.8) is 0 Å². The zero-order valence-electron chi connectivity index (χ0n) is 12.6. The molecule has 1 N–H and O–H groups in total. The number of nitrogens with one attached hydrogen (secondary N) is 1. The van der Waals surface area contributed by atoms with Crippen LogP contribution in [0.3, 0.4) is 0 Å². The summed E-state index contributed by atoms with van der Waals surface area (Å²) in [7, 11) is 1.61. The van der Waals surface area contributed by atoms with Crippen molar-refractivity contribution in [2.45, 2.75) is 26.3 Å². The van der Waals surface area contributed by atoms with Crippen LogP contribution >= 0.6 is 11.8 Å². The molecule has 0 spiro atoms. The van der Waals surface area contributed by atoms with E-state index in [1.807, 2.05) is 38.3 Å². The number of carbonyl (C=O) groups is 1. The van der Waals surface area contributed by atoms with Crippen molar-refractivity contribution in [3.8, 4) is 11.5 Å². The topological polar surface area (TPSA) is 47.6 Å². The maximum absolute atomic E-state index is 11.7. The highest BCUT2D eigenvalue weighted by Gasteiger charge is 2.12. The molecule has 0 aliphatic rings. The molecule has 1 atom stereocenters. The molecule has 20 heavy (non-hydrogen) atoms. The van der Waals surface area contributed by atoms with Crippen LogP contribution in [0.1, 0.15) is 31.9 Å². The number of benzene rings is 1. The number of thioether (sulfide) groups is 1. The number of hydrogen-bond donors (Lipinski definition) is 1. The summed E-state index contributed by atoms with van der Waals surface area (Å²) in [6.07, 6.45) is 2.54. The van der Waals surface area contributed by atoms with Crippen molar-refractivity contribution >= 4 is 17.7 Å². The number of ether oxygens (including phenoxy) is 2. The van der Waals surface area contributed by atoms with Crippen LogP contribution in [0.25, 0.3) is 0 Å². The molecule has 0 saturated heterocycles. The van der Waals surface area contributed by atoms with Crippen LogP contribution in [0.5, 0.6) is 11.5 Å². The van der Waals surface area contributed by atoms with Gasteiger partial charge in [-0.3, -0.25) is 4.79 Å². The summed E-state index contributed by atoms with van der Waals surface area (Å²) in [5.41, 5.74) is 1.00. The van der Waals surface area contributed by atoms with Crippen LogP contribution < -0.4 is 14.8 Å². The van der Waals surface area contributed by atoms with Crippen LogP contribution in [0, 0.1) is 0 Å². The number of hydrogen-bond acceptors (Lipinski definition) is 4. The Balaban J connectivity index is 2.72. The second kappa shape index (κ2) is 8.74. The second-order valence-electron chi connectivity index (χ2n) is 4.38. The van der Waals surface area contributed by atoms with Crippen LogP contribution in [-0.4, -0.2) is 31.6 Å². The fraction of sp³-hybridized carbons (Fsp3) is 0.533. The lowest BCUT2D eigenvalue weighted by Gasteiger charge is -2.17. The first-order valence-corrected chi connectivity index (χ1v) is 8.10. The summed E-state index contributed by atoms with van der Waals surface area (Å²) in [5, 5.41) is 2.99. The van der Waals surface area contributed by atoms with Gasteiger partial charge in [0.2, 0.25) is 5.91 Å². The Morgan fingerprint density at radius 3 is 2.75 bits per heavy atom. The lowest BCUT2D eigenvalue weighted by molar-refractivity contribution is -0.121. The minimum absolute atomic E-state index is 0.0473. The van der Waals surface area contributed by atoms with E-state index in [1.165, 1.54) is 0 Å². The third-order valence-electron chi connectivity index (χ3n) is 2.90. The van der Waals surface area contributed by atoms with Crippen molar-refractivity contribution in [2.75, 3.05) is 25.7 Å². The first kappa shape index (κ1) is 16.7. The summed E-state index contributed by atoms with van der Waals surface area (Å²) in [6.45, 7) is 4.49. The number of methoxy groups -OCH3 is 1. The monoisotopic (exact) mass is 297 g/mol. The van der Waals surface area contributed by atoms with E-state index in [1.54, 1.807) is 18.9 Å². The molecule has 0 aliphatic carbocycles. The second-order valence-corrected chi connectivity index (χ2v) is 5.36. The lowest BCUT2D eigenvalue weighted by atomic mass is 10.1. The van der Waals surface area contributed by atoms with Gasteiger partial charge in [0.1, 0.15) is 0 Å². The quantitative estimate of drug-likeness (QED) is 0.801. The standard InChI is InChI=1S/C15H23NO3S/c1-5-19-13-7-6-12(10-14(13)18-3)11(2)16-15(17)8-9-20-4/h6-7,10-11H,5,8-9H2,1-4H3,(H,16,17)/t11-/m0/s1. The van der Waals surface area contributed by atoms with Gasteiger partial charge in [0, 0.05) is 12.2 Å². The van der Waals surface area contributed by atoms with E-state index in [-0.39, 0.29) is 11.9 Å². The van der Waals surface area contributed by atoms with E-state index in [9.17, 15) is 4.79 Å². The van der Waals surface area contributed by atoms with E-state index in [4.69, 9.17) is 9.47 Å². The summed E-state index contributed by atoms with van der Waals surface area (Å²) in [6, 6.07) is 5.69. The average Bonchev–Trinajstić information content (AvgIpc) is 2.45. The van der Waals surface area contributed by atoms with E-state index >= 15 is 0 Å². The van der Waals surface area contributed by atoms with Gasteiger partial charge in [-0.05, 0) is 37.8 Å². The smallest absolute Gasteiger partial charge is 0.221 e. The van der Waals surface area contributed by atoms with Crippen molar-refractivity contribution < 1.29 is 14.3 Å². The van der Waals surface area contributed by atoms with Gasteiger partial charge in [-0.1, -0.05) is 6.07 Å². The van der Waals surface area contributed by atoms with Crippen LogP contribution in [0.4, 0.5) is 0 Å². The highest BCUT2D eigenvalue weighted by Crippen LogP contribution is 2.30. The average molecular weight is 297 g/mol. The molecule has 5 heteroatoms. The number of rotatable bonds is 8. The predicted octanol–water partition coefficient (Wildman–Crippen LogP) is 3.02. The van der Waals surface area contributed by atoms with Crippen molar-refractivity contribution in [1.82, 2.24) is 5.32 Å². The number of carbonyl (C=O) groups excluding carboxylic acids is 1. The maximum atomic E-state index is 11.7. The first-order valence-electron chi connectivity index (χ1n) is 6.71. The maximum Gasteiger partial charge on any atom is 0.221 e. The highest BCUT2D eigenvalue weighted by atomic mass is 32.2. The normalized spacial score (nSPS) is 11.8. The van der Waals surface area contributed by atoms with E-state index in [2.05, 4.69) is 5.32 Å². The van der Waals surface area contributed by atoms with Gasteiger partial charge in [-0.25, -0.2) is 0 Å². The van der Waals surface area contributed by atoms with E-state index in [0.29, 0.717) is 18.8 Å². The largest absolute Gasteiger partial charge is 0.493 e. The van der Waals surface area contributed by atoms with E-state index < -0.39 is 0 Å². The molecule has 0 unspecified atom stereocenters. The third kappa shape index (κ3) is 4.96. The predicted molar refractivity (Wildman–Crippen MR) is 83.7 cm³/mol. The van der Waals surface area contributed by atoms with Gasteiger partial charge >= 0.3 is 0 Å². The SMILES string of the molecule is CCOc1ccc([C@H](C)NC(=O)CCSC)cc1OC. The molecule has 0 heterocycles. The van der Waals surface area contributed by atoms with E-state index in [0.717, 1.165) is 17.1 Å². The summed E-state index contributed by atoms with van der Waals surface area (Å²) < 4.78 is 10.8. The van der Waals surface area contributed by atoms with Gasteiger partial charge < -0.3 is 14.8 Å². The molecule has 1 aromatic carbocycles. The Bertz CT molecular complexity index is 437. The van der Waals surface area contributed by atoms with Crippen LogP contribution in [-0.2, 0) is 4.79 Å². The van der Waals surface area contributed by atoms with Crippen LogP contribution in [0.2, 0.25) is 0 Å². The molecule has 0 saturated carbocycles. The molecule has 0 aromatic heterocycles. The molecule has 0 bridgehead atoms. The molecule has 1 amide bonds. The fourth-order valence-electron chi connectivity index (χ4n) is 1.82. The van der Waals surface area contributed by atoms with Gasteiger partial charge in [0.25, 0.3) is 0 Å². The van der Waals surface area contributed by atoms with Crippen LogP contribution in [0.15, 0.2) is 18.2 Å². The Morgan fingerprint density at radius 1 is 1.40 bits per heavy atom. The minimum Gasteiger partial charge on any atom is -0.493 e. The third-order valence-corrected chi connectivity index (χ3v) is 3.51. The Hall–Kier alpha value is -1.36.